The summed E-state index contributed by atoms with van der Waals surface area (Å²) >= 11 is 1.74. The van der Waals surface area contributed by atoms with Gasteiger partial charge in [0.25, 0.3) is 0 Å². The minimum atomic E-state index is -0.366. The Balaban J connectivity index is 0.869. The molecule has 11 aromatic rings. The zero-order chi connectivity index (χ0) is 42.2. The molecule has 0 radical (unpaired) electrons. The summed E-state index contributed by atoms with van der Waals surface area (Å²) in [4.78, 5) is 10.4. The predicted octanol–water partition coefficient (Wildman–Crippen LogP) is 16.4. The van der Waals surface area contributed by atoms with Gasteiger partial charge in [0.05, 0.1) is 5.41 Å². The zero-order valence-electron chi connectivity index (χ0n) is 34.8. The van der Waals surface area contributed by atoms with Gasteiger partial charge in [-0.3, -0.25) is 0 Å². The number of thiophene rings is 1. The summed E-state index contributed by atoms with van der Waals surface area (Å²) in [6, 6.07) is 84.4. The largest absolute Gasteiger partial charge is 0.310 e. The van der Waals surface area contributed by atoms with Crippen LogP contribution in [-0.2, 0) is 5.41 Å². The van der Waals surface area contributed by atoms with Crippen molar-refractivity contribution in [1.82, 2.24) is 4.98 Å². The first-order valence-electron chi connectivity index (χ1n) is 21.9. The van der Waals surface area contributed by atoms with Crippen molar-refractivity contribution in [2.75, 3.05) is 9.80 Å². The van der Waals surface area contributed by atoms with Crippen LogP contribution in [0.4, 0.5) is 34.1 Å². The van der Waals surface area contributed by atoms with Gasteiger partial charge in [0.1, 0.15) is 4.83 Å². The first-order chi connectivity index (χ1) is 31.7. The normalized spacial score (nSPS) is 12.8. The van der Waals surface area contributed by atoms with Crippen molar-refractivity contribution in [3.05, 3.63) is 259 Å². The Morgan fingerprint density at radius 1 is 0.328 bits per heavy atom. The smallest absolute Gasteiger partial charge is 0.124 e. The van der Waals surface area contributed by atoms with Gasteiger partial charge >= 0.3 is 0 Å². The van der Waals surface area contributed by atoms with Gasteiger partial charge < -0.3 is 9.80 Å². The van der Waals surface area contributed by atoms with Gasteiger partial charge in [0.15, 0.2) is 0 Å². The molecule has 13 rings (SSSR count). The highest BCUT2D eigenvalue weighted by Gasteiger charge is 2.51. The molecule has 300 valence electrons. The van der Waals surface area contributed by atoms with E-state index in [0.717, 1.165) is 50.1 Å². The van der Waals surface area contributed by atoms with Gasteiger partial charge in [-0.2, -0.15) is 0 Å². The number of benzene rings is 9. The lowest BCUT2D eigenvalue weighted by Gasteiger charge is -2.31. The lowest BCUT2D eigenvalue weighted by atomic mass is 9.70. The summed E-state index contributed by atoms with van der Waals surface area (Å²) in [5, 5.41) is 2.45. The Hall–Kier alpha value is -8.05. The predicted molar refractivity (Wildman–Crippen MR) is 268 cm³/mol. The summed E-state index contributed by atoms with van der Waals surface area (Å²) in [5.41, 5.74) is 19.3. The second-order valence-corrected chi connectivity index (χ2v) is 17.7. The molecule has 2 aliphatic rings. The molecular formula is C60H39N3S. The van der Waals surface area contributed by atoms with Crippen LogP contribution in [0.25, 0.3) is 53.7 Å². The van der Waals surface area contributed by atoms with E-state index in [1.54, 1.807) is 11.3 Å². The Bertz CT molecular complexity index is 3510. The average Bonchev–Trinajstić information content (AvgIpc) is 3.99. The molecule has 0 saturated heterocycles. The number of rotatable bonds is 7. The zero-order valence-corrected chi connectivity index (χ0v) is 35.6. The maximum absolute atomic E-state index is 4.64. The highest BCUT2D eigenvalue weighted by atomic mass is 32.1. The Labute approximate surface area is 376 Å². The fraction of sp³-hybridized carbons (Fsp3) is 0.0167. The minimum Gasteiger partial charge on any atom is -0.310 e. The van der Waals surface area contributed by atoms with Crippen molar-refractivity contribution in [2.45, 2.75) is 5.41 Å². The summed E-state index contributed by atoms with van der Waals surface area (Å²) in [6.07, 6.45) is 1.87. The molecule has 0 bridgehead atoms. The Kier molecular flexibility index (Phi) is 8.30. The molecular weight excluding hydrogens is 795 g/mol. The molecule has 2 heterocycles. The highest BCUT2D eigenvalue weighted by Crippen LogP contribution is 2.63. The molecule has 1 spiro atoms. The van der Waals surface area contributed by atoms with Crippen LogP contribution in [0.15, 0.2) is 237 Å². The Morgan fingerprint density at radius 2 is 0.766 bits per heavy atom. The number of hydrogen-bond donors (Lipinski definition) is 0. The van der Waals surface area contributed by atoms with E-state index in [4.69, 9.17) is 0 Å². The maximum Gasteiger partial charge on any atom is 0.124 e. The third kappa shape index (κ3) is 5.49. The molecule has 0 atom stereocenters. The molecule has 2 aliphatic carbocycles. The van der Waals surface area contributed by atoms with Crippen molar-refractivity contribution in [2.24, 2.45) is 0 Å². The second kappa shape index (κ2) is 14.5. The van der Waals surface area contributed by atoms with Crippen LogP contribution in [0.5, 0.6) is 0 Å². The summed E-state index contributed by atoms with van der Waals surface area (Å²) < 4.78 is 1.23. The molecule has 4 heteroatoms. The molecule has 0 fully saturated rings. The number of fused-ring (bicyclic) bond motifs is 13. The molecule has 0 amide bonds. The number of aromatic nitrogens is 1. The van der Waals surface area contributed by atoms with Crippen LogP contribution in [0.2, 0.25) is 0 Å². The van der Waals surface area contributed by atoms with Crippen LogP contribution in [-0.4, -0.2) is 4.98 Å². The van der Waals surface area contributed by atoms with Gasteiger partial charge in [0.2, 0.25) is 0 Å². The van der Waals surface area contributed by atoms with Crippen molar-refractivity contribution in [3.63, 3.8) is 0 Å². The second-order valence-electron chi connectivity index (χ2n) is 16.7. The van der Waals surface area contributed by atoms with E-state index in [-0.39, 0.29) is 5.41 Å². The van der Waals surface area contributed by atoms with Gasteiger partial charge in [-0.1, -0.05) is 146 Å². The number of para-hydroxylation sites is 2. The molecule has 9 aromatic carbocycles. The third-order valence-corrected chi connectivity index (χ3v) is 14.4. The Morgan fingerprint density at radius 3 is 1.33 bits per heavy atom. The first-order valence-corrected chi connectivity index (χ1v) is 22.7. The van der Waals surface area contributed by atoms with Crippen molar-refractivity contribution in [3.8, 4) is 33.4 Å². The first kappa shape index (κ1) is 36.6. The summed E-state index contributed by atoms with van der Waals surface area (Å²) in [5.74, 6) is 0. The average molecular weight is 834 g/mol. The third-order valence-electron chi connectivity index (χ3n) is 13.3. The number of hydrogen-bond acceptors (Lipinski definition) is 4. The van der Waals surface area contributed by atoms with Crippen LogP contribution in [0, 0.1) is 0 Å². The van der Waals surface area contributed by atoms with Crippen molar-refractivity contribution >= 4 is 65.8 Å². The van der Waals surface area contributed by atoms with E-state index in [2.05, 4.69) is 239 Å². The molecule has 3 nitrogen and oxygen atoms in total. The fourth-order valence-electron chi connectivity index (χ4n) is 10.6. The van der Waals surface area contributed by atoms with Crippen molar-refractivity contribution < 1.29 is 0 Å². The van der Waals surface area contributed by atoms with Gasteiger partial charge in [-0.05, 0) is 141 Å². The van der Waals surface area contributed by atoms with Gasteiger partial charge in [-0.15, -0.1) is 11.3 Å². The van der Waals surface area contributed by atoms with Gasteiger partial charge in [0, 0.05) is 55.8 Å². The molecule has 2 aromatic heterocycles. The van der Waals surface area contributed by atoms with E-state index < -0.39 is 0 Å². The summed E-state index contributed by atoms with van der Waals surface area (Å²) in [6.45, 7) is 0. The van der Waals surface area contributed by atoms with Crippen LogP contribution in [0.3, 0.4) is 0 Å². The van der Waals surface area contributed by atoms with E-state index in [9.17, 15) is 0 Å². The summed E-state index contributed by atoms with van der Waals surface area (Å²) in [7, 11) is 0. The van der Waals surface area contributed by atoms with E-state index in [1.807, 2.05) is 12.3 Å². The topological polar surface area (TPSA) is 19.4 Å². The lowest BCUT2D eigenvalue weighted by Crippen LogP contribution is -2.25. The van der Waals surface area contributed by atoms with Crippen LogP contribution in [0.1, 0.15) is 22.3 Å². The van der Waals surface area contributed by atoms with E-state index in [0.29, 0.717) is 0 Å². The molecule has 0 N–H and O–H groups in total. The van der Waals surface area contributed by atoms with Gasteiger partial charge in [-0.25, -0.2) is 4.98 Å². The maximum atomic E-state index is 4.64. The lowest BCUT2D eigenvalue weighted by molar-refractivity contribution is 0.794. The van der Waals surface area contributed by atoms with E-state index >= 15 is 0 Å². The van der Waals surface area contributed by atoms with Crippen LogP contribution >= 0.6 is 11.3 Å². The molecule has 0 saturated carbocycles. The number of anilines is 6. The fourth-order valence-corrected chi connectivity index (χ4v) is 11.7. The molecule has 0 aliphatic heterocycles. The van der Waals surface area contributed by atoms with Crippen LogP contribution < -0.4 is 9.80 Å². The van der Waals surface area contributed by atoms with Crippen molar-refractivity contribution in [1.29, 1.82) is 0 Å². The number of pyridine rings is 1. The highest BCUT2D eigenvalue weighted by molar-refractivity contribution is 7.25. The minimum absolute atomic E-state index is 0.366. The monoisotopic (exact) mass is 833 g/mol. The molecule has 0 unspecified atom stereocenters. The number of nitrogens with zero attached hydrogens (tertiary/aromatic N) is 3. The van der Waals surface area contributed by atoms with E-state index in [1.165, 1.54) is 60.0 Å². The quantitative estimate of drug-likeness (QED) is 0.159. The standard InChI is InChI=1S/C60H39N3S/c1-3-14-42(15-4-1)62(46-34-36-57-53(38-46)50-20-9-12-24-56(50)60(57)54-22-10-7-18-48(54)49-19-8-11-23-55(49)60)44-29-25-40(26-30-44)41-27-31-45(32-28-41)63(43-16-5-2-6-17-43)47-33-35-51-52-21-13-37-61-59(52)64-58(51)39-47/h1-39H. The SMILES string of the molecule is c1ccc(N(c2ccc(-c3ccc(N(c4ccccc4)c4ccc5c(c4)sc4ncccc45)cc3)cc2)c2ccc3c(c2)-c2ccccc2C32c3ccccc3-c3ccccc32)cc1. The molecule has 64 heavy (non-hydrogen) atoms.